The number of hydrogen-bond acceptors (Lipinski definition) is 12. The minimum Gasteiger partial charge on any atom is -0.379 e. The number of nitrogens with zero attached hydrogens (tertiary/aromatic N) is 2. The Bertz CT molecular complexity index is 346. The Morgan fingerprint density at radius 1 is 0.739 bits per heavy atom. The maximum atomic E-state index is 11.8. The van der Waals surface area contributed by atoms with E-state index >= 15 is 0 Å². The van der Waals surface area contributed by atoms with Crippen molar-refractivity contribution in [3.8, 4) is 0 Å². The van der Waals surface area contributed by atoms with Gasteiger partial charge in [0.05, 0.1) is 31.5 Å². The van der Waals surface area contributed by atoms with Gasteiger partial charge in [0.25, 0.3) is 8.89 Å². The molecule has 132 valence electrons. The van der Waals surface area contributed by atoms with E-state index in [0.717, 1.165) is 26.2 Å². The van der Waals surface area contributed by atoms with E-state index in [2.05, 4.69) is 0 Å². The van der Waals surface area contributed by atoms with Gasteiger partial charge in [-0.1, -0.05) is 21.6 Å². The minimum atomic E-state index is 0.0801. The highest BCUT2D eigenvalue weighted by Crippen LogP contribution is 2.38. The summed E-state index contributed by atoms with van der Waals surface area (Å²) in [5.41, 5.74) is 0. The lowest BCUT2D eigenvalue weighted by Crippen LogP contribution is -2.31. The van der Waals surface area contributed by atoms with Crippen LogP contribution in [0.4, 0.5) is 9.59 Å². The van der Waals surface area contributed by atoms with Crippen LogP contribution < -0.4 is 0 Å². The summed E-state index contributed by atoms with van der Waals surface area (Å²) >= 11 is 2.52. The second kappa shape index (κ2) is 12.6. The fourth-order valence-corrected chi connectivity index (χ4v) is 8.65. The highest BCUT2D eigenvalue weighted by Gasteiger charge is 2.17. The number of carbonyl (C=O) groups is 2. The Morgan fingerprint density at radius 2 is 1.13 bits per heavy atom. The number of ether oxygens (including phenoxy) is 2. The van der Waals surface area contributed by atoms with Crippen LogP contribution in [0.1, 0.15) is 0 Å². The van der Waals surface area contributed by atoms with Crippen molar-refractivity contribution in [3.63, 3.8) is 0 Å². The molecular formula is C11H18N2O4S6. The molecule has 0 N–H and O–H groups in total. The average Bonchev–Trinajstić information content (AvgIpc) is 2.56. The second-order valence-corrected chi connectivity index (χ2v) is 11.8. The van der Waals surface area contributed by atoms with Gasteiger partial charge < -0.3 is 9.47 Å². The van der Waals surface area contributed by atoms with E-state index in [1.54, 1.807) is 0 Å². The van der Waals surface area contributed by atoms with Gasteiger partial charge in [-0.15, -0.1) is 0 Å². The molecule has 0 aromatic heterocycles. The molecule has 0 aromatic carbocycles. The minimum absolute atomic E-state index is 0.0801. The molecule has 12 heteroatoms. The Balaban J connectivity index is 1.45. The highest BCUT2D eigenvalue weighted by atomic mass is 33.1. The van der Waals surface area contributed by atoms with Gasteiger partial charge in [0.15, 0.2) is 0 Å². The molecule has 0 aliphatic carbocycles. The molecular weight excluding hydrogens is 417 g/mol. The van der Waals surface area contributed by atoms with Crippen molar-refractivity contribution >= 4 is 76.0 Å². The first kappa shape index (κ1) is 20.6. The standard InChI is InChI=1S/C11H18N2O4S6/c14-10(20-12-1-5-16-6-2-12)22-18-9-19-23-11(15)21-13-3-7-17-8-4-13/h1-9H2. The Kier molecular flexibility index (Phi) is 11.3. The predicted octanol–water partition coefficient (Wildman–Crippen LogP) is 3.91. The molecule has 0 saturated carbocycles. The topological polar surface area (TPSA) is 59.1 Å². The lowest BCUT2D eigenvalue weighted by Gasteiger charge is -2.24. The van der Waals surface area contributed by atoms with Gasteiger partial charge in [-0.2, -0.15) is 0 Å². The molecule has 2 saturated heterocycles. The van der Waals surface area contributed by atoms with Gasteiger partial charge in [-0.25, -0.2) is 8.61 Å². The predicted molar refractivity (Wildman–Crippen MR) is 106 cm³/mol. The van der Waals surface area contributed by atoms with Crippen molar-refractivity contribution in [2.75, 3.05) is 57.7 Å². The molecule has 0 aromatic rings. The molecule has 0 spiro atoms. The average molecular weight is 435 g/mol. The van der Waals surface area contributed by atoms with Gasteiger partial charge in [-0.05, 0) is 21.6 Å². The summed E-state index contributed by atoms with van der Waals surface area (Å²) < 4.78 is 14.7. The maximum absolute atomic E-state index is 11.8. The summed E-state index contributed by atoms with van der Waals surface area (Å²) in [4.78, 5) is 23.6. The third-order valence-corrected chi connectivity index (χ3v) is 10.4. The third-order valence-electron chi connectivity index (χ3n) is 2.70. The third kappa shape index (κ3) is 9.52. The van der Waals surface area contributed by atoms with Crippen LogP contribution in [0.5, 0.6) is 0 Å². The molecule has 2 fully saturated rings. The lowest BCUT2D eigenvalue weighted by atomic mass is 10.5. The number of morpholine rings is 2. The van der Waals surface area contributed by atoms with E-state index in [4.69, 9.17) is 9.47 Å². The zero-order valence-electron chi connectivity index (χ0n) is 12.3. The molecule has 0 bridgehead atoms. The summed E-state index contributed by atoms with van der Waals surface area (Å²) in [6.45, 7) is 5.92. The van der Waals surface area contributed by atoms with Crippen LogP contribution >= 0.6 is 67.1 Å². The van der Waals surface area contributed by atoms with Crippen LogP contribution in [-0.2, 0) is 9.47 Å². The van der Waals surface area contributed by atoms with Crippen LogP contribution in [0.2, 0.25) is 0 Å². The Morgan fingerprint density at radius 3 is 1.52 bits per heavy atom. The van der Waals surface area contributed by atoms with Crippen molar-refractivity contribution < 1.29 is 19.1 Å². The van der Waals surface area contributed by atoms with Crippen LogP contribution in [0.3, 0.4) is 0 Å². The summed E-state index contributed by atoms with van der Waals surface area (Å²) in [5.74, 6) is 0. The zero-order chi connectivity index (χ0) is 16.3. The Hall–Kier alpha value is 1.28. The Labute approximate surface area is 160 Å². The first-order valence-corrected chi connectivity index (χ1v) is 13.1. The van der Waals surface area contributed by atoms with E-state index in [1.165, 1.54) is 67.1 Å². The molecule has 2 heterocycles. The van der Waals surface area contributed by atoms with Crippen molar-refractivity contribution in [2.45, 2.75) is 0 Å². The number of carbonyl (C=O) groups excluding carboxylic acids is 2. The monoisotopic (exact) mass is 434 g/mol. The number of rotatable bonds is 6. The van der Waals surface area contributed by atoms with Crippen LogP contribution in [-0.4, -0.2) is 75.2 Å². The smallest absolute Gasteiger partial charge is 0.271 e. The normalized spacial score (nSPS) is 20.5. The summed E-state index contributed by atoms with van der Waals surface area (Å²) in [6, 6.07) is 0. The summed E-state index contributed by atoms with van der Waals surface area (Å²) in [6.07, 6.45) is 0. The van der Waals surface area contributed by atoms with Gasteiger partial charge in [-0.3, -0.25) is 9.59 Å². The molecule has 0 unspecified atom stereocenters. The molecule has 0 radical (unpaired) electrons. The van der Waals surface area contributed by atoms with Gasteiger partial charge >= 0.3 is 0 Å². The van der Waals surface area contributed by atoms with E-state index in [-0.39, 0.29) is 8.89 Å². The van der Waals surface area contributed by atoms with Crippen molar-refractivity contribution in [2.24, 2.45) is 0 Å². The molecule has 2 aliphatic rings. The molecule has 23 heavy (non-hydrogen) atoms. The summed E-state index contributed by atoms with van der Waals surface area (Å²) in [5, 5.41) is 0.695. The first-order valence-electron chi connectivity index (χ1n) is 6.92. The fourth-order valence-electron chi connectivity index (χ4n) is 1.68. The molecule has 2 rings (SSSR count). The quantitative estimate of drug-likeness (QED) is 0.264. The summed E-state index contributed by atoms with van der Waals surface area (Å²) in [7, 11) is 5.42. The van der Waals surface area contributed by atoms with E-state index < -0.39 is 0 Å². The SMILES string of the molecule is O=C(SSCSSC(=O)SN1CCOCC1)SN1CCOCC1. The fraction of sp³-hybridized carbons (Fsp3) is 0.818. The lowest BCUT2D eigenvalue weighted by molar-refractivity contribution is 0.0775. The van der Waals surface area contributed by atoms with Crippen LogP contribution in [0, 0.1) is 0 Å². The molecule has 2 aliphatic heterocycles. The zero-order valence-corrected chi connectivity index (χ0v) is 17.2. The second-order valence-electron chi connectivity index (χ2n) is 4.29. The number of hydrogen-bond donors (Lipinski definition) is 0. The van der Waals surface area contributed by atoms with Gasteiger partial charge in [0.2, 0.25) is 0 Å². The van der Waals surface area contributed by atoms with Crippen LogP contribution in [0.15, 0.2) is 0 Å². The largest absolute Gasteiger partial charge is 0.379 e. The molecule has 0 amide bonds. The highest BCUT2D eigenvalue weighted by molar-refractivity contribution is 8.92. The first-order chi connectivity index (χ1) is 11.2. The molecule has 6 nitrogen and oxygen atoms in total. The van der Waals surface area contributed by atoms with E-state index in [1.807, 2.05) is 8.61 Å². The maximum Gasteiger partial charge on any atom is 0.271 e. The van der Waals surface area contributed by atoms with Gasteiger partial charge in [0, 0.05) is 50.1 Å². The van der Waals surface area contributed by atoms with Crippen molar-refractivity contribution in [1.82, 2.24) is 8.61 Å². The van der Waals surface area contributed by atoms with E-state index in [0.29, 0.717) is 31.5 Å². The van der Waals surface area contributed by atoms with Crippen molar-refractivity contribution in [3.05, 3.63) is 0 Å². The van der Waals surface area contributed by atoms with Gasteiger partial charge in [0.1, 0.15) is 0 Å². The van der Waals surface area contributed by atoms with E-state index in [9.17, 15) is 9.59 Å². The molecule has 0 atom stereocenters. The van der Waals surface area contributed by atoms with Crippen LogP contribution in [0.25, 0.3) is 0 Å². The van der Waals surface area contributed by atoms with Crippen molar-refractivity contribution in [1.29, 1.82) is 0 Å².